The molecule has 0 atom stereocenters. The number of carbonyl (C=O) groups excluding carboxylic acids is 1. The number of hydrogen-bond donors (Lipinski definition) is 0. The molecule has 104 valence electrons. The fourth-order valence-corrected chi connectivity index (χ4v) is 2.33. The first-order chi connectivity index (χ1) is 9.79. The van der Waals surface area contributed by atoms with Crippen molar-refractivity contribution in [3.05, 3.63) is 58.3 Å². The van der Waals surface area contributed by atoms with Crippen LogP contribution in [-0.4, -0.2) is 12.4 Å². The zero-order valence-corrected chi connectivity index (χ0v) is 12.4. The van der Waals surface area contributed by atoms with E-state index in [1.54, 1.807) is 6.08 Å². The number of ether oxygens (including phenoxy) is 1. The molecule has 2 aromatic rings. The zero-order valence-electron chi connectivity index (χ0n) is 11.5. The average molecular weight is 286 g/mol. The smallest absolute Gasteiger partial charge is 0.195 e. The minimum Gasteiger partial charge on any atom is -0.494 e. The zero-order chi connectivity index (χ0) is 14.2. The van der Waals surface area contributed by atoms with Gasteiger partial charge in [0.15, 0.2) is 5.78 Å². The number of unbranched alkanes of at least 4 members (excludes halogenated alkanes) is 1. The quantitative estimate of drug-likeness (QED) is 0.414. The van der Waals surface area contributed by atoms with Gasteiger partial charge < -0.3 is 4.74 Å². The molecule has 2 rings (SSSR count). The van der Waals surface area contributed by atoms with Gasteiger partial charge in [0.1, 0.15) is 5.75 Å². The van der Waals surface area contributed by atoms with Crippen LogP contribution in [0.15, 0.2) is 47.9 Å². The second-order valence-corrected chi connectivity index (χ2v) is 5.39. The highest BCUT2D eigenvalue weighted by molar-refractivity contribution is 7.12. The van der Waals surface area contributed by atoms with Crippen LogP contribution in [0.1, 0.15) is 35.0 Å². The first-order valence-electron chi connectivity index (χ1n) is 6.78. The molecule has 0 aliphatic heterocycles. The Morgan fingerprint density at radius 2 is 2.05 bits per heavy atom. The molecule has 1 aromatic carbocycles. The number of carbonyl (C=O) groups is 1. The van der Waals surface area contributed by atoms with Gasteiger partial charge in [-0.3, -0.25) is 4.79 Å². The summed E-state index contributed by atoms with van der Waals surface area (Å²) in [4.78, 5) is 12.6. The van der Waals surface area contributed by atoms with Crippen LogP contribution in [0.5, 0.6) is 5.75 Å². The Hall–Kier alpha value is -1.87. The Kier molecular flexibility index (Phi) is 5.56. The lowest BCUT2D eigenvalue weighted by Crippen LogP contribution is -1.95. The fraction of sp³-hybridized carbons (Fsp3) is 0.235. The summed E-state index contributed by atoms with van der Waals surface area (Å²) in [6.45, 7) is 2.89. The lowest BCUT2D eigenvalue weighted by molar-refractivity contribution is 0.105. The summed E-state index contributed by atoms with van der Waals surface area (Å²) in [6, 6.07) is 11.5. The molecule has 0 aliphatic rings. The van der Waals surface area contributed by atoms with Gasteiger partial charge in [-0.1, -0.05) is 37.6 Å². The van der Waals surface area contributed by atoms with Gasteiger partial charge in [0, 0.05) is 0 Å². The average Bonchev–Trinajstić information content (AvgIpc) is 3.01. The lowest BCUT2D eigenvalue weighted by Gasteiger charge is -2.04. The molecule has 0 N–H and O–H groups in total. The molecule has 3 heteroatoms. The monoisotopic (exact) mass is 286 g/mol. The van der Waals surface area contributed by atoms with Gasteiger partial charge in [0.25, 0.3) is 0 Å². The van der Waals surface area contributed by atoms with Crippen LogP contribution in [0.25, 0.3) is 6.08 Å². The van der Waals surface area contributed by atoms with E-state index >= 15 is 0 Å². The molecule has 0 saturated heterocycles. The first-order valence-corrected chi connectivity index (χ1v) is 7.66. The van der Waals surface area contributed by atoms with Crippen molar-refractivity contribution in [3.8, 4) is 5.75 Å². The molecule has 20 heavy (non-hydrogen) atoms. The Bertz CT molecular complexity index is 553. The second-order valence-electron chi connectivity index (χ2n) is 4.45. The third-order valence-corrected chi connectivity index (χ3v) is 3.72. The number of hydrogen-bond acceptors (Lipinski definition) is 3. The molecule has 0 unspecified atom stereocenters. The highest BCUT2D eigenvalue weighted by Gasteiger charge is 2.01. The van der Waals surface area contributed by atoms with Gasteiger partial charge in [-0.25, -0.2) is 0 Å². The maximum atomic E-state index is 11.8. The number of thiophene rings is 1. The van der Waals surface area contributed by atoms with E-state index in [1.165, 1.54) is 11.3 Å². The summed E-state index contributed by atoms with van der Waals surface area (Å²) in [6.07, 6.45) is 5.64. The maximum absolute atomic E-state index is 11.8. The minimum atomic E-state index is 0.0447. The number of allylic oxidation sites excluding steroid dienone is 1. The van der Waals surface area contributed by atoms with E-state index in [9.17, 15) is 4.79 Å². The van der Waals surface area contributed by atoms with Gasteiger partial charge in [-0.05, 0) is 41.6 Å². The molecular weight excluding hydrogens is 268 g/mol. The fourth-order valence-electron chi connectivity index (χ4n) is 1.68. The van der Waals surface area contributed by atoms with Crippen LogP contribution in [0.2, 0.25) is 0 Å². The lowest BCUT2D eigenvalue weighted by atomic mass is 10.2. The maximum Gasteiger partial charge on any atom is 0.195 e. The molecule has 2 nitrogen and oxygen atoms in total. The van der Waals surface area contributed by atoms with Gasteiger partial charge in [-0.15, -0.1) is 11.3 Å². The standard InChI is InChI=1S/C17H18O2S/c1-2-3-12-19-15-9-6-14(7-10-15)8-11-16(18)17-5-4-13-20-17/h4-11,13H,2-3,12H2,1H3/b11-8+. The third kappa shape index (κ3) is 4.35. The van der Waals surface area contributed by atoms with Crippen molar-refractivity contribution in [2.45, 2.75) is 19.8 Å². The molecule has 0 fully saturated rings. The normalized spacial score (nSPS) is 10.8. The number of benzene rings is 1. The Morgan fingerprint density at radius 1 is 1.25 bits per heavy atom. The second kappa shape index (κ2) is 7.65. The molecule has 0 saturated carbocycles. The molecule has 1 heterocycles. The highest BCUT2D eigenvalue weighted by Crippen LogP contribution is 2.15. The van der Waals surface area contributed by atoms with Crippen LogP contribution in [0, 0.1) is 0 Å². The van der Waals surface area contributed by atoms with Crippen LogP contribution in [0.4, 0.5) is 0 Å². The van der Waals surface area contributed by atoms with Crippen LogP contribution in [0.3, 0.4) is 0 Å². The third-order valence-electron chi connectivity index (χ3n) is 2.84. The van der Waals surface area contributed by atoms with Crippen molar-refractivity contribution in [1.29, 1.82) is 0 Å². The van der Waals surface area contributed by atoms with Gasteiger partial charge in [0.2, 0.25) is 0 Å². The van der Waals surface area contributed by atoms with Crippen LogP contribution in [-0.2, 0) is 0 Å². The summed E-state index contributed by atoms with van der Waals surface area (Å²) in [5.41, 5.74) is 0.998. The van der Waals surface area contributed by atoms with Crippen molar-refractivity contribution in [2.24, 2.45) is 0 Å². The van der Waals surface area contributed by atoms with Crippen molar-refractivity contribution in [3.63, 3.8) is 0 Å². The summed E-state index contributed by atoms with van der Waals surface area (Å²) in [7, 11) is 0. The Labute approximate surface area is 123 Å². The van der Waals surface area contributed by atoms with Gasteiger partial charge >= 0.3 is 0 Å². The Morgan fingerprint density at radius 3 is 2.70 bits per heavy atom. The van der Waals surface area contributed by atoms with Crippen molar-refractivity contribution in [2.75, 3.05) is 6.61 Å². The molecule has 1 aromatic heterocycles. The Balaban J connectivity index is 1.91. The summed E-state index contributed by atoms with van der Waals surface area (Å²) < 4.78 is 5.60. The van der Waals surface area contributed by atoms with Crippen LogP contribution >= 0.6 is 11.3 Å². The highest BCUT2D eigenvalue weighted by atomic mass is 32.1. The van der Waals surface area contributed by atoms with E-state index in [1.807, 2.05) is 47.9 Å². The van der Waals surface area contributed by atoms with Gasteiger partial charge in [0.05, 0.1) is 11.5 Å². The molecule has 0 spiro atoms. The predicted molar refractivity (Wildman–Crippen MR) is 84.5 cm³/mol. The van der Waals surface area contributed by atoms with E-state index in [0.29, 0.717) is 0 Å². The van der Waals surface area contributed by atoms with E-state index in [2.05, 4.69) is 6.92 Å². The molecule has 0 radical (unpaired) electrons. The number of ketones is 1. The molecule has 0 bridgehead atoms. The van der Waals surface area contributed by atoms with E-state index < -0.39 is 0 Å². The van der Waals surface area contributed by atoms with E-state index in [0.717, 1.165) is 35.6 Å². The van der Waals surface area contributed by atoms with E-state index in [-0.39, 0.29) is 5.78 Å². The van der Waals surface area contributed by atoms with Crippen LogP contribution < -0.4 is 4.74 Å². The first kappa shape index (κ1) is 14.5. The van der Waals surface area contributed by atoms with Gasteiger partial charge in [-0.2, -0.15) is 0 Å². The van der Waals surface area contributed by atoms with Crippen molar-refractivity contribution < 1.29 is 9.53 Å². The molecular formula is C17H18O2S. The minimum absolute atomic E-state index is 0.0447. The summed E-state index contributed by atoms with van der Waals surface area (Å²) in [5.74, 6) is 0.920. The van der Waals surface area contributed by atoms with Crippen molar-refractivity contribution >= 4 is 23.2 Å². The number of rotatable bonds is 7. The van der Waals surface area contributed by atoms with Crippen molar-refractivity contribution in [1.82, 2.24) is 0 Å². The molecule has 0 aliphatic carbocycles. The topological polar surface area (TPSA) is 26.3 Å². The largest absolute Gasteiger partial charge is 0.494 e. The summed E-state index contributed by atoms with van der Waals surface area (Å²) in [5, 5.41) is 1.91. The molecule has 0 amide bonds. The predicted octanol–water partition coefficient (Wildman–Crippen LogP) is 4.82. The summed E-state index contributed by atoms with van der Waals surface area (Å²) >= 11 is 1.46. The van der Waals surface area contributed by atoms with E-state index in [4.69, 9.17) is 4.74 Å². The SMILES string of the molecule is CCCCOc1ccc(/C=C/C(=O)c2cccs2)cc1.